The van der Waals surface area contributed by atoms with Gasteiger partial charge in [0, 0.05) is 11.7 Å². The van der Waals surface area contributed by atoms with Gasteiger partial charge in [-0.15, -0.1) is 0 Å². The van der Waals surface area contributed by atoms with E-state index in [2.05, 4.69) is 36.3 Å². The molecule has 0 atom stereocenters. The molecule has 0 saturated heterocycles. The lowest BCUT2D eigenvalue weighted by Crippen LogP contribution is -3.00. The van der Waals surface area contributed by atoms with Crippen LogP contribution in [0, 0.1) is 13.8 Å². The van der Waals surface area contributed by atoms with E-state index in [0.717, 1.165) is 24.5 Å². The minimum atomic E-state index is 0. The Morgan fingerprint density at radius 2 is 1.90 bits per heavy atom. The Morgan fingerprint density at radius 3 is 2.57 bits per heavy atom. The summed E-state index contributed by atoms with van der Waals surface area (Å²) in [6, 6.07) is 6.57. The molecule has 0 unspecified atom stereocenters. The molecule has 1 saturated carbocycles. The van der Waals surface area contributed by atoms with Crippen molar-refractivity contribution in [2.45, 2.75) is 45.6 Å². The van der Waals surface area contributed by atoms with Gasteiger partial charge in [0.1, 0.15) is 6.54 Å². The van der Waals surface area contributed by atoms with Crippen molar-refractivity contribution in [2.75, 3.05) is 11.9 Å². The number of carbonyl (C=O) groups excluding carboxylic acids is 1. The maximum absolute atomic E-state index is 12.1. The smallest absolute Gasteiger partial charge is 0.251 e. The molecule has 1 amide bonds. The second kappa shape index (κ2) is 6.48. The molecule has 1 N–H and O–H groups in total. The molecule has 5 heteroatoms. The molecule has 4 nitrogen and oxygen atoms in total. The first-order chi connectivity index (χ1) is 9.65. The number of hydrogen-bond acceptors (Lipinski definition) is 3. The Kier molecular flexibility index (Phi) is 4.88. The second-order valence-corrected chi connectivity index (χ2v) is 5.77. The number of halogens is 1. The summed E-state index contributed by atoms with van der Waals surface area (Å²) in [5.74, 6) is 0.855. The highest BCUT2D eigenvalue weighted by Gasteiger charge is 2.33. The zero-order chi connectivity index (χ0) is 14.1. The lowest BCUT2D eigenvalue weighted by atomic mass is 10.1. The van der Waals surface area contributed by atoms with E-state index in [4.69, 9.17) is 0 Å². The third-order valence-corrected chi connectivity index (χ3v) is 4.31. The summed E-state index contributed by atoms with van der Waals surface area (Å²) in [6.07, 6.45) is 4.62. The molecule has 3 rings (SSSR count). The summed E-state index contributed by atoms with van der Waals surface area (Å²) in [6.45, 7) is 4.47. The third-order valence-electron chi connectivity index (χ3n) is 4.31. The molecule has 21 heavy (non-hydrogen) atoms. The lowest BCUT2D eigenvalue weighted by molar-refractivity contribution is -0.126. The van der Waals surface area contributed by atoms with Crippen LogP contribution in [0.1, 0.15) is 36.8 Å². The van der Waals surface area contributed by atoms with Crippen LogP contribution in [0.15, 0.2) is 23.2 Å². The minimum absolute atomic E-state index is 0. The predicted molar refractivity (Wildman–Crippen MR) is 80.9 cm³/mol. The molecule has 0 radical (unpaired) electrons. The molecule has 2 aliphatic rings. The second-order valence-electron chi connectivity index (χ2n) is 5.77. The highest BCUT2D eigenvalue weighted by molar-refractivity contribution is 6.09. The van der Waals surface area contributed by atoms with Crippen molar-refractivity contribution in [3.63, 3.8) is 0 Å². The van der Waals surface area contributed by atoms with E-state index in [-0.39, 0.29) is 24.9 Å². The monoisotopic (exact) mass is 306 g/mol. The third kappa shape index (κ3) is 3.21. The van der Waals surface area contributed by atoms with Crippen molar-refractivity contribution in [3.05, 3.63) is 29.3 Å². The summed E-state index contributed by atoms with van der Waals surface area (Å²) in [5.41, 5.74) is 3.52. The van der Waals surface area contributed by atoms with Gasteiger partial charge >= 0.3 is 0 Å². The van der Waals surface area contributed by atoms with Crippen molar-refractivity contribution >= 4 is 17.6 Å². The first-order valence-corrected chi connectivity index (χ1v) is 7.36. The number of amides is 1. The SMILES string of the molecule is Cc1ccc(NC2=NCC(=O)N2C2CCCC2)cc1C.[Cl-]. The van der Waals surface area contributed by atoms with Crippen molar-refractivity contribution in [1.82, 2.24) is 4.90 Å². The van der Waals surface area contributed by atoms with Crippen LogP contribution in [0.4, 0.5) is 5.69 Å². The largest absolute Gasteiger partial charge is 1.00 e. The summed E-state index contributed by atoms with van der Waals surface area (Å²) >= 11 is 0. The molecule has 1 fully saturated rings. The van der Waals surface area contributed by atoms with Gasteiger partial charge < -0.3 is 17.7 Å². The fourth-order valence-electron chi connectivity index (χ4n) is 3.00. The maximum atomic E-state index is 12.1. The summed E-state index contributed by atoms with van der Waals surface area (Å²) in [7, 11) is 0. The highest BCUT2D eigenvalue weighted by atomic mass is 35.5. The van der Waals surface area contributed by atoms with Gasteiger partial charge in [0.05, 0.1) is 0 Å². The van der Waals surface area contributed by atoms with Crippen LogP contribution in [0.5, 0.6) is 0 Å². The Bertz CT molecular complexity index is 565. The quantitative estimate of drug-likeness (QED) is 0.827. The molecule has 114 valence electrons. The van der Waals surface area contributed by atoms with Gasteiger partial charge in [0.15, 0.2) is 0 Å². The average molecular weight is 307 g/mol. The van der Waals surface area contributed by atoms with E-state index in [9.17, 15) is 4.79 Å². The number of anilines is 1. The molecule has 1 aliphatic carbocycles. The van der Waals surface area contributed by atoms with Crippen LogP contribution in [0.2, 0.25) is 0 Å². The van der Waals surface area contributed by atoms with Gasteiger partial charge in [-0.2, -0.15) is 0 Å². The molecule has 0 spiro atoms. The normalized spacial score (nSPS) is 18.7. The fourth-order valence-corrected chi connectivity index (χ4v) is 3.00. The number of aryl methyl sites for hydroxylation is 2. The van der Waals surface area contributed by atoms with E-state index in [1.165, 1.54) is 24.0 Å². The van der Waals surface area contributed by atoms with Crippen LogP contribution in [0.25, 0.3) is 0 Å². The van der Waals surface area contributed by atoms with Crippen molar-refractivity contribution < 1.29 is 17.2 Å². The van der Waals surface area contributed by atoms with Gasteiger partial charge in [-0.25, -0.2) is 4.99 Å². The Morgan fingerprint density at radius 1 is 1.19 bits per heavy atom. The van der Waals surface area contributed by atoms with E-state index >= 15 is 0 Å². The van der Waals surface area contributed by atoms with Crippen LogP contribution in [-0.4, -0.2) is 29.4 Å². The molecule has 1 heterocycles. The molecule has 1 aromatic carbocycles. The number of nitrogens with zero attached hydrogens (tertiary/aromatic N) is 2. The van der Waals surface area contributed by atoms with Crippen molar-refractivity contribution in [3.8, 4) is 0 Å². The first kappa shape index (κ1) is 15.8. The molecule has 0 bridgehead atoms. The standard InChI is InChI=1S/C16H21N3O.ClH/c1-11-7-8-13(9-12(11)2)18-16-17-10-15(20)19(16)14-5-3-4-6-14;/h7-9,14H,3-6,10H2,1-2H3,(H,17,18);1H/p-1. The van der Waals surface area contributed by atoms with Crippen LogP contribution in [-0.2, 0) is 4.79 Å². The Balaban J connectivity index is 0.00000161. The number of guanidine groups is 1. The summed E-state index contributed by atoms with van der Waals surface area (Å²) in [4.78, 5) is 18.3. The number of benzene rings is 1. The molecule has 0 aromatic heterocycles. The number of aliphatic imine (C=N–C) groups is 1. The molecular weight excluding hydrogens is 286 g/mol. The van der Waals surface area contributed by atoms with Crippen LogP contribution in [0.3, 0.4) is 0 Å². The number of hydrogen-bond donors (Lipinski definition) is 1. The van der Waals surface area contributed by atoms with E-state index in [0.29, 0.717) is 6.04 Å². The Hall–Kier alpha value is -1.55. The average Bonchev–Trinajstić information content (AvgIpc) is 3.04. The van der Waals surface area contributed by atoms with Gasteiger partial charge in [0.25, 0.3) is 5.91 Å². The summed E-state index contributed by atoms with van der Waals surface area (Å²) < 4.78 is 0. The van der Waals surface area contributed by atoms with E-state index in [1.54, 1.807) is 0 Å². The zero-order valence-corrected chi connectivity index (χ0v) is 13.3. The number of rotatable bonds is 2. The lowest BCUT2D eigenvalue weighted by Gasteiger charge is -2.25. The van der Waals surface area contributed by atoms with Crippen LogP contribution >= 0.6 is 0 Å². The van der Waals surface area contributed by atoms with Crippen molar-refractivity contribution in [1.29, 1.82) is 0 Å². The van der Waals surface area contributed by atoms with Gasteiger partial charge in [-0.3, -0.25) is 9.69 Å². The zero-order valence-electron chi connectivity index (χ0n) is 12.5. The Labute approximate surface area is 132 Å². The van der Waals surface area contributed by atoms with E-state index in [1.807, 2.05) is 11.0 Å². The van der Waals surface area contributed by atoms with Gasteiger partial charge in [-0.05, 0) is 49.9 Å². The number of nitrogens with one attached hydrogen (secondary N) is 1. The molecule has 1 aliphatic heterocycles. The summed E-state index contributed by atoms with van der Waals surface area (Å²) in [5, 5.41) is 3.32. The first-order valence-electron chi connectivity index (χ1n) is 7.36. The fraction of sp³-hybridized carbons (Fsp3) is 0.500. The molecular formula is C16H21ClN3O-. The highest BCUT2D eigenvalue weighted by Crippen LogP contribution is 2.26. The molecule has 1 aromatic rings. The minimum Gasteiger partial charge on any atom is -1.00 e. The maximum Gasteiger partial charge on any atom is 0.251 e. The number of carbonyl (C=O) groups is 1. The topological polar surface area (TPSA) is 44.7 Å². The van der Waals surface area contributed by atoms with Crippen molar-refractivity contribution in [2.24, 2.45) is 4.99 Å². The van der Waals surface area contributed by atoms with E-state index < -0.39 is 0 Å². The predicted octanol–water partition coefficient (Wildman–Crippen LogP) is -0.140. The van der Waals surface area contributed by atoms with Gasteiger partial charge in [0.2, 0.25) is 5.96 Å². The van der Waals surface area contributed by atoms with Crippen LogP contribution < -0.4 is 17.7 Å². The van der Waals surface area contributed by atoms with Gasteiger partial charge in [-0.1, -0.05) is 18.9 Å².